The fourth-order valence-corrected chi connectivity index (χ4v) is 2.97. The number of hydrogen-bond donors (Lipinski definition) is 0. The van der Waals surface area contributed by atoms with Crippen molar-refractivity contribution >= 4 is 24.8 Å². The van der Waals surface area contributed by atoms with Gasteiger partial charge in [-0.1, -0.05) is 30.3 Å². The average molecular weight is 344 g/mol. The predicted octanol–water partition coefficient (Wildman–Crippen LogP) is 3.04. The number of ether oxygens (including phenoxy) is 1. The van der Waals surface area contributed by atoms with Gasteiger partial charge in [0.05, 0.1) is 25.6 Å². The predicted molar refractivity (Wildman–Crippen MR) is 93.2 cm³/mol. The third-order valence-electron chi connectivity index (χ3n) is 4.07. The molecule has 2 heterocycles. The van der Waals surface area contributed by atoms with E-state index in [1.807, 2.05) is 12.5 Å². The molecule has 0 unspecified atom stereocenters. The molecule has 1 saturated heterocycles. The molecule has 4 nitrogen and oxygen atoms in total. The van der Waals surface area contributed by atoms with Crippen LogP contribution in [-0.2, 0) is 4.74 Å². The lowest BCUT2D eigenvalue weighted by Gasteiger charge is -2.37. The molecule has 0 spiro atoms. The molecule has 122 valence electrons. The summed E-state index contributed by atoms with van der Waals surface area (Å²) in [6.45, 7) is 5.95. The van der Waals surface area contributed by atoms with Crippen LogP contribution in [0.3, 0.4) is 0 Å². The maximum absolute atomic E-state index is 5.47. The minimum Gasteiger partial charge on any atom is -0.379 e. The zero-order chi connectivity index (χ0) is 13.8. The Labute approximate surface area is 144 Å². The fraction of sp³-hybridized carbons (Fsp3) is 0.438. The van der Waals surface area contributed by atoms with Gasteiger partial charge in [-0.15, -0.1) is 24.8 Å². The van der Waals surface area contributed by atoms with E-state index in [4.69, 9.17) is 4.74 Å². The molecule has 2 atom stereocenters. The van der Waals surface area contributed by atoms with Crippen LogP contribution in [0.2, 0.25) is 0 Å². The summed E-state index contributed by atoms with van der Waals surface area (Å²) in [4.78, 5) is 6.72. The lowest BCUT2D eigenvalue weighted by Crippen LogP contribution is -2.46. The standard InChI is InChI=1S/C16H21N3O.2ClH/c1-14(18-9-11-20-12-10-18)16(19-8-7-17-13-19)15-5-3-2-4-6-15;;/h2-8,13-14,16H,9-12H2,1H3;2*1H/t14-,16+;;/m1../s1. The molecule has 0 amide bonds. The average Bonchev–Trinajstić information content (AvgIpc) is 3.03. The SMILES string of the molecule is C[C@H]([C@@H](c1ccccc1)n1ccnc1)N1CCOCC1.Cl.Cl. The molecule has 0 radical (unpaired) electrons. The second kappa shape index (κ2) is 9.16. The summed E-state index contributed by atoms with van der Waals surface area (Å²) in [5.41, 5.74) is 1.32. The van der Waals surface area contributed by atoms with Crippen molar-refractivity contribution in [2.24, 2.45) is 0 Å². The molecule has 2 aromatic rings. The van der Waals surface area contributed by atoms with Crippen molar-refractivity contribution in [2.75, 3.05) is 26.3 Å². The largest absolute Gasteiger partial charge is 0.379 e. The van der Waals surface area contributed by atoms with Crippen molar-refractivity contribution in [1.82, 2.24) is 14.5 Å². The Kier molecular flexibility index (Phi) is 7.90. The summed E-state index contributed by atoms with van der Waals surface area (Å²) < 4.78 is 7.67. The molecule has 1 fully saturated rings. The zero-order valence-electron chi connectivity index (χ0n) is 12.7. The summed E-state index contributed by atoms with van der Waals surface area (Å²) in [6, 6.07) is 11.4. The summed E-state index contributed by atoms with van der Waals surface area (Å²) in [5, 5.41) is 0. The van der Waals surface area contributed by atoms with Crippen LogP contribution in [0.1, 0.15) is 18.5 Å². The normalized spacial score (nSPS) is 17.9. The number of morpholine rings is 1. The highest BCUT2D eigenvalue weighted by Gasteiger charge is 2.27. The van der Waals surface area contributed by atoms with Gasteiger partial charge in [0, 0.05) is 31.5 Å². The number of halogens is 2. The quantitative estimate of drug-likeness (QED) is 0.854. The van der Waals surface area contributed by atoms with Crippen molar-refractivity contribution in [3.05, 3.63) is 54.6 Å². The van der Waals surface area contributed by atoms with Crippen molar-refractivity contribution < 1.29 is 4.74 Å². The molecular weight excluding hydrogens is 321 g/mol. The summed E-state index contributed by atoms with van der Waals surface area (Å²) in [5.74, 6) is 0. The Morgan fingerprint density at radius 3 is 2.36 bits per heavy atom. The van der Waals surface area contributed by atoms with Crippen LogP contribution in [0.4, 0.5) is 0 Å². The minimum absolute atomic E-state index is 0. The van der Waals surface area contributed by atoms with Gasteiger partial charge in [0.25, 0.3) is 0 Å². The number of hydrogen-bond acceptors (Lipinski definition) is 3. The first-order valence-corrected chi connectivity index (χ1v) is 7.20. The van der Waals surface area contributed by atoms with E-state index < -0.39 is 0 Å². The van der Waals surface area contributed by atoms with Gasteiger partial charge in [0.1, 0.15) is 0 Å². The number of nitrogens with zero attached hydrogens (tertiary/aromatic N) is 3. The van der Waals surface area contributed by atoms with E-state index in [2.05, 4.69) is 57.9 Å². The fourth-order valence-electron chi connectivity index (χ4n) is 2.97. The molecular formula is C16H23Cl2N3O. The minimum atomic E-state index is 0. The van der Waals surface area contributed by atoms with Gasteiger partial charge in [-0.3, -0.25) is 4.90 Å². The van der Waals surface area contributed by atoms with Gasteiger partial charge in [0.2, 0.25) is 0 Å². The Hall–Kier alpha value is -1.07. The molecule has 1 aromatic heterocycles. The van der Waals surface area contributed by atoms with Gasteiger partial charge in [-0.05, 0) is 12.5 Å². The third-order valence-corrected chi connectivity index (χ3v) is 4.07. The van der Waals surface area contributed by atoms with E-state index in [0.29, 0.717) is 6.04 Å². The maximum Gasteiger partial charge on any atom is 0.0952 e. The van der Waals surface area contributed by atoms with Crippen LogP contribution in [0.15, 0.2) is 49.1 Å². The van der Waals surface area contributed by atoms with Gasteiger partial charge < -0.3 is 9.30 Å². The Morgan fingerprint density at radius 2 is 1.77 bits per heavy atom. The summed E-state index contributed by atoms with van der Waals surface area (Å²) in [7, 11) is 0. The third kappa shape index (κ3) is 4.23. The number of rotatable bonds is 4. The number of imidazole rings is 1. The molecule has 6 heteroatoms. The molecule has 0 N–H and O–H groups in total. The molecule has 1 aromatic carbocycles. The first-order chi connectivity index (χ1) is 9.86. The molecule has 0 bridgehead atoms. The lowest BCUT2D eigenvalue weighted by molar-refractivity contribution is 0.0124. The van der Waals surface area contributed by atoms with Crippen molar-refractivity contribution in [3.63, 3.8) is 0 Å². The highest BCUT2D eigenvalue weighted by Crippen LogP contribution is 2.25. The first kappa shape index (κ1) is 19.0. The van der Waals surface area contributed by atoms with Crippen LogP contribution in [0, 0.1) is 0 Å². The Bertz CT molecular complexity index is 515. The van der Waals surface area contributed by atoms with Gasteiger partial charge >= 0.3 is 0 Å². The van der Waals surface area contributed by atoms with Crippen molar-refractivity contribution in [1.29, 1.82) is 0 Å². The van der Waals surface area contributed by atoms with Crippen molar-refractivity contribution in [3.8, 4) is 0 Å². The van der Waals surface area contributed by atoms with E-state index in [1.54, 1.807) is 0 Å². The molecule has 0 saturated carbocycles. The summed E-state index contributed by atoms with van der Waals surface area (Å²) >= 11 is 0. The molecule has 22 heavy (non-hydrogen) atoms. The maximum atomic E-state index is 5.47. The second-order valence-corrected chi connectivity index (χ2v) is 5.25. The number of benzene rings is 1. The van der Waals surface area contributed by atoms with E-state index in [1.165, 1.54) is 5.56 Å². The molecule has 0 aliphatic carbocycles. The zero-order valence-corrected chi connectivity index (χ0v) is 14.3. The lowest BCUT2D eigenvalue weighted by atomic mass is 9.98. The van der Waals surface area contributed by atoms with E-state index in [-0.39, 0.29) is 30.9 Å². The van der Waals surface area contributed by atoms with Crippen molar-refractivity contribution in [2.45, 2.75) is 19.0 Å². The van der Waals surface area contributed by atoms with Crippen LogP contribution in [-0.4, -0.2) is 46.8 Å². The second-order valence-electron chi connectivity index (χ2n) is 5.25. The topological polar surface area (TPSA) is 30.3 Å². The number of aromatic nitrogens is 2. The molecule has 3 rings (SSSR count). The Balaban J connectivity index is 0.00000121. The highest BCUT2D eigenvalue weighted by atomic mass is 35.5. The van der Waals surface area contributed by atoms with Gasteiger partial charge in [-0.25, -0.2) is 4.98 Å². The summed E-state index contributed by atoms with van der Waals surface area (Å²) in [6.07, 6.45) is 5.81. The van der Waals surface area contributed by atoms with E-state index >= 15 is 0 Å². The van der Waals surface area contributed by atoms with Gasteiger partial charge in [-0.2, -0.15) is 0 Å². The highest BCUT2D eigenvalue weighted by molar-refractivity contribution is 5.85. The van der Waals surface area contributed by atoms with E-state index in [9.17, 15) is 0 Å². The Morgan fingerprint density at radius 1 is 1.09 bits per heavy atom. The van der Waals surface area contributed by atoms with E-state index in [0.717, 1.165) is 26.3 Å². The van der Waals surface area contributed by atoms with Gasteiger partial charge in [0.15, 0.2) is 0 Å². The van der Waals surface area contributed by atoms with Crippen LogP contribution >= 0.6 is 24.8 Å². The van der Waals surface area contributed by atoms with Crippen LogP contribution in [0.25, 0.3) is 0 Å². The molecule has 1 aliphatic heterocycles. The van der Waals surface area contributed by atoms with Crippen LogP contribution in [0.5, 0.6) is 0 Å². The first-order valence-electron chi connectivity index (χ1n) is 7.20. The smallest absolute Gasteiger partial charge is 0.0952 e. The monoisotopic (exact) mass is 343 g/mol. The molecule has 1 aliphatic rings. The van der Waals surface area contributed by atoms with Crippen LogP contribution < -0.4 is 0 Å².